The molecule has 0 atom stereocenters. The van der Waals surface area contributed by atoms with Crippen LogP contribution in [-0.4, -0.2) is 24.1 Å². The number of fused-ring (bicyclic) bond motifs is 10. The van der Waals surface area contributed by atoms with E-state index in [1.54, 1.807) is 0 Å². The zero-order chi connectivity index (χ0) is 41.4. The Balaban J connectivity index is 1.11. The van der Waals surface area contributed by atoms with Gasteiger partial charge in [0.15, 0.2) is 17.5 Å². The van der Waals surface area contributed by atoms with Crippen molar-refractivity contribution in [3.63, 3.8) is 0 Å². The summed E-state index contributed by atoms with van der Waals surface area (Å²) >= 11 is 1.83. The lowest BCUT2D eigenvalue weighted by Gasteiger charge is -2.15. The quantitative estimate of drug-likeness (QED) is 0.168. The lowest BCUT2D eigenvalue weighted by atomic mass is 10.0. The molecule has 0 aliphatic rings. The van der Waals surface area contributed by atoms with Gasteiger partial charge in [-0.25, -0.2) is 15.0 Å². The van der Waals surface area contributed by atoms with Gasteiger partial charge >= 0.3 is 0 Å². The fourth-order valence-corrected chi connectivity index (χ4v) is 10.8. The Hall–Kier alpha value is -8.19. The van der Waals surface area contributed by atoms with E-state index in [4.69, 9.17) is 15.0 Å². The lowest BCUT2D eigenvalue weighted by molar-refractivity contribution is 1.08. The molecule has 4 aromatic heterocycles. The van der Waals surface area contributed by atoms with E-state index in [-0.39, 0.29) is 0 Å². The van der Waals surface area contributed by atoms with E-state index in [9.17, 15) is 0 Å². The number of hydrogen-bond acceptors (Lipinski definition) is 4. The third-order valence-corrected chi connectivity index (χ3v) is 13.5. The van der Waals surface area contributed by atoms with Crippen molar-refractivity contribution in [2.24, 2.45) is 0 Å². The summed E-state index contributed by atoms with van der Waals surface area (Å²) in [6.45, 7) is 0. The minimum Gasteiger partial charge on any atom is -0.307 e. The maximum atomic E-state index is 5.19. The second-order valence-electron chi connectivity index (χ2n) is 16.0. The normalized spacial score (nSPS) is 11.8. The molecular weight excluding hydrogens is 787 g/mol. The molecule has 294 valence electrons. The molecule has 0 aliphatic heterocycles. The van der Waals surface area contributed by atoms with Crippen LogP contribution in [0, 0.1) is 0 Å². The van der Waals surface area contributed by atoms with Crippen LogP contribution in [0.1, 0.15) is 0 Å². The van der Waals surface area contributed by atoms with Crippen LogP contribution in [0.3, 0.4) is 0 Å². The van der Waals surface area contributed by atoms with Crippen molar-refractivity contribution in [2.75, 3.05) is 0 Å². The molecule has 0 N–H and O–H groups in total. The number of nitrogens with zero attached hydrogens (tertiary/aromatic N) is 5. The molecule has 0 saturated heterocycles. The minimum absolute atomic E-state index is 0.649. The number of benzene rings is 9. The smallest absolute Gasteiger partial charge is 0.164 e. The van der Waals surface area contributed by atoms with Gasteiger partial charge in [-0.2, -0.15) is 0 Å². The molecule has 0 bridgehead atoms. The summed E-state index contributed by atoms with van der Waals surface area (Å²) < 4.78 is 7.38. The van der Waals surface area contributed by atoms with Crippen molar-refractivity contribution < 1.29 is 0 Å². The fourth-order valence-electron chi connectivity index (χ4n) is 9.58. The molecule has 6 heteroatoms. The SMILES string of the molecule is c1ccc(-c2ccc3c4ccccc4n(-c4cccc5c6ccc7c(sc8cccc(-c9nc(-c%10ccccc%10)nc(-c%10ccccc%10)n9)c87)c6n(-c6ccccc6)c45)c3c2)cc1. The molecule has 13 aromatic rings. The van der Waals surface area contributed by atoms with E-state index in [0.717, 1.165) is 39.0 Å². The van der Waals surface area contributed by atoms with Crippen molar-refractivity contribution in [3.8, 4) is 56.7 Å². The van der Waals surface area contributed by atoms with Crippen LogP contribution >= 0.6 is 11.3 Å². The van der Waals surface area contributed by atoms with Crippen molar-refractivity contribution in [2.45, 2.75) is 0 Å². The molecule has 0 amide bonds. The van der Waals surface area contributed by atoms with E-state index >= 15 is 0 Å². The van der Waals surface area contributed by atoms with E-state index in [2.05, 4.69) is 185 Å². The molecule has 5 nitrogen and oxygen atoms in total. The van der Waals surface area contributed by atoms with Gasteiger partial charge < -0.3 is 9.13 Å². The van der Waals surface area contributed by atoms with Crippen LogP contribution < -0.4 is 0 Å². The van der Waals surface area contributed by atoms with E-state index in [0.29, 0.717) is 17.5 Å². The summed E-state index contributed by atoms with van der Waals surface area (Å²) in [6.07, 6.45) is 0. The number of rotatable bonds is 6. The summed E-state index contributed by atoms with van der Waals surface area (Å²) in [7, 11) is 0. The van der Waals surface area contributed by atoms with Gasteiger partial charge in [-0.3, -0.25) is 0 Å². The summed E-state index contributed by atoms with van der Waals surface area (Å²) in [4.78, 5) is 15.4. The van der Waals surface area contributed by atoms with E-state index in [1.807, 2.05) is 47.7 Å². The van der Waals surface area contributed by atoms with Crippen LogP contribution in [0.5, 0.6) is 0 Å². The highest BCUT2D eigenvalue weighted by atomic mass is 32.1. The summed E-state index contributed by atoms with van der Waals surface area (Å²) in [5, 5.41) is 7.19. The first kappa shape index (κ1) is 35.6. The van der Waals surface area contributed by atoms with Crippen molar-refractivity contribution >= 4 is 75.1 Å². The third kappa shape index (κ3) is 5.59. The Morgan fingerprint density at radius 2 is 0.905 bits per heavy atom. The van der Waals surface area contributed by atoms with Gasteiger partial charge in [0.1, 0.15) is 0 Å². The first-order chi connectivity index (χ1) is 31.3. The largest absolute Gasteiger partial charge is 0.307 e. The number of aromatic nitrogens is 5. The van der Waals surface area contributed by atoms with Crippen LogP contribution in [0.4, 0.5) is 0 Å². The monoisotopic (exact) mass is 821 g/mol. The lowest BCUT2D eigenvalue weighted by Crippen LogP contribution is -2.00. The third-order valence-electron chi connectivity index (χ3n) is 12.4. The van der Waals surface area contributed by atoms with Gasteiger partial charge in [-0.15, -0.1) is 11.3 Å². The highest BCUT2D eigenvalue weighted by Gasteiger charge is 2.24. The first-order valence-electron chi connectivity index (χ1n) is 21.2. The second-order valence-corrected chi connectivity index (χ2v) is 17.0. The Morgan fingerprint density at radius 1 is 0.349 bits per heavy atom. The average molecular weight is 822 g/mol. The van der Waals surface area contributed by atoms with Gasteiger partial charge in [-0.05, 0) is 47.5 Å². The summed E-state index contributed by atoms with van der Waals surface area (Å²) in [6, 6.07) is 75.6. The van der Waals surface area contributed by atoms with Crippen LogP contribution in [0.25, 0.3) is 120 Å². The summed E-state index contributed by atoms with van der Waals surface area (Å²) in [5.74, 6) is 1.95. The van der Waals surface area contributed by atoms with E-state index < -0.39 is 0 Å². The minimum atomic E-state index is 0.649. The van der Waals surface area contributed by atoms with E-state index in [1.165, 1.54) is 64.0 Å². The Morgan fingerprint density at radius 3 is 1.63 bits per heavy atom. The standard InChI is InChI=1S/C57H35N5S/c1-5-17-36(18-6-1)39-31-32-42-41-25-13-14-28-47(41)62(49(42)35-39)48-29-15-26-43-44-33-34-45-51-46(27-16-30-50(51)63-54(45)53(44)61(52(43)48)40-23-11-4-12-24-40)57-59-55(37-19-7-2-8-20-37)58-56(60-57)38-21-9-3-10-22-38/h1-35H. The highest BCUT2D eigenvalue weighted by molar-refractivity contribution is 7.26. The van der Waals surface area contributed by atoms with Gasteiger partial charge in [0.2, 0.25) is 0 Å². The van der Waals surface area contributed by atoms with Gasteiger partial charge in [0.05, 0.1) is 32.5 Å². The van der Waals surface area contributed by atoms with Crippen LogP contribution in [0.2, 0.25) is 0 Å². The molecule has 0 radical (unpaired) electrons. The van der Waals surface area contributed by atoms with Crippen LogP contribution in [-0.2, 0) is 0 Å². The Bertz CT molecular complexity index is 3830. The highest BCUT2D eigenvalue weighted by Crippen LogP contribution is 2.47. The van der Waals surface area contributed by atoms with Crippen LogP contribution in [0.15, 0.2) is 212 Å². The zero-order valence-corrected chi connectivity index (χ0v) is 34.7. The molecule has 4 heterocycles. The summed E-state index contributed by atoms with van der Waals surface area (Å²) in [5.41, 5.74) is 12.2. The topological polar surface area (TPSA) is 48.5 Å². The molecule has 0 unspecified atom stereocenters. The molecular formula is C57H35N5S. The molecule has 63 heavy (non-hydrogen) atoms. The maximum Gasteiger partial charge on any atom is 0.164 e. The molecule has 0 aliphatic carbocycles. The van der Waals surface area contributed by atoms with Crippen molar-refractivity contribution in [3.05, 3.63) is 212 Å². The molecule has 0 saturated carbocycles. The fraction of sp³-hybridized carbons (Fsp3) is 0. The number of thiophene rings is 1. The molecule has 9 aromatic carbocycles. The molecule has 0 spiro atoms. The van der Waals surface area contributed by atoms with Gasteiger partial charge in [0, 0.05) is 59.4 Å². The second kappa shape index (κ2) is 14.2. The molecule has 13 rings (SSSR count). The number of para-hydroxylation sites is 3. The first-order valence-corrected chi connectivity index (χ1v) is 22.0. The predicted molar refractivity (Wildman–Crippen MR) is 263 cm³/mol. The Kier molecular flexibility index (Phi) is 8.01. The molecule has 0 fully saturated rings. The number of hydrogen-bond donors (Lipinski definition) is 0. The maximum absolute atomic E-state index is 5.19. The van der Waals surface area contributed by atoms with Crippen molar-refractivity contribution in [1.82, 2.24) is 24.1 Å². The zero-order valence-electron chi connectivity index (χ0n) is 33.9. The predicted octanol–water partition coefficient (Wildman–Crippen LogP) is 15.1. The van der Waals surface area contributed by atoms with Gasteiger partial charge in [0.25, 0.3) is 0 Å². The Labute approximate surface area is 366 Å². The van der Waals surface area contributed by atoms with Crippen molar-refractivity contribution in [1.29, 1.82) is 0 Å². The average Bonchev–Trinajstić information content (AvgIpc) is 4.03. The van der Waals surface area contributed by atoms with Gasteiger partial charge in [-0.1, -0.05) is 176 Å².